The minimum Gasteiger partial charge on any atom is -0.466 e. The Morgan fingerprint density at radius 3 is 2.66 bits per heavy atom. The number of thioether (sulfide) groups is 1. The van der Waals surface area contributed by atoms with Crippen LogP contribution in [0.25, 0.3) is 0 Å². The number of likely N-dealkylation sites (tertiary alicyclic amines) is 1. The third-order valence-electron chi connectivity index (χ3n) is 7.57. The van der Waals surface area contributed by atoms with Crippen LogP contribution in [0.5, 0.6) is 0 Å². The average Bonchev–Trinajstić information content (AvgIpc) is 3.39. The van der Waals surface area contributed by atoms with Crippen LogP contribution in [0.3, 0.4) is 0 Å². The van der Waals surface area contributed by atoms with E-state index in [2.05, 4.69) is 6.58 Å². The number of halogens is 1. The molecule has 0 aromatic heterocycles. The summed E-state index contributed by atoms with van der Waals surface area (Å²) >= 11 is 7.70. The molecule has 1 aromatic rings. The minimum absolute atomic E-state index is 0.0147. The summed E-state index contributed by atoms with van der Waals surface area (Å²) in [5.74, 6) is -1.90. The van der Waals surface area contributed by atoms with E-state index in [4.69, 9.17) is 16.3 Å². The van der Waals surface area contributed by atoms with Crippen molar-refractivity contribution >= 4 is 46.8 Å². The molecule has 4 rings (SSSR count). The van der Waals surface area contributed by atoms with E-state index in [1.54, 1.807) is 58.8 Å². The molecule has 190 valence electrons. The quantitative estimate of drug-likeness (QED) is 0.288. The van der Waals surface area contributed by atoms with Crippen molar-refractivity contribution < 1.29 is 24.2 Å². The number of fused-ring (bicyclic) bond motifs is 1. The predicted molar refractivity (Wildman–Crippen MR) is 137 cm³/mol. The molecule has 3 aliphatic heterocycles. The zero-order chi connectivity index (χ0) is 25.4. The fraction of sp³-hybridized carbons (Fsp3) is 0.577. The summed E-state index contributed by atoms with van der Waals surface area (Å²) in [5.41, 5.74) is 0.674. The summed E-state index contributed by atoms with van der Waals surface area (Å²) in [4.78, 5) is 44.7. The van der Waals surface area contributed by atoms with Gasteiger partial charge in [-0.1, -0.05) is 17.7 Å². The predicted octanol–water partition coefficient (Wildman–Crippen LogP) is 3.68. The number of aliphatic hydroxyl groups is 1. The van der Waals surface area contributed by atoms with Crippen molar-refractivity contribution in [2.45, 2.75) is 55.1 Å². The molecule has 3 aliphatic rings. The molecule has 3 fully saturated rings. The van der Waals surface area contributed by atoms with E-state index >= 15 is 0 Å². The van der Waals surface area contributed by atoms with Crippen LogP contribution in [0.1, 0.15) is 39.5 Å². The number of anilines is 1. The van der Waals surface area contributed by atoms with Crippen LogP contribution in [0, 0.1) is 11.8 Å². The van der Waals surface area contributed by atoms with Gasteiger partial charge in [-0.25, -0.2) is 0 Å². The summed E-state index contributed by atoms with van der Waals surface area (Å²) < 4.78 is 4.26. The first-order valence-electron chi connectivity index (χ1n) is 12.2. The molecule has 0 radical (unpaired) electrons. The minimum atomic E-state index is -0.722. The number of amides is 2. The second-order valence-corrected chi connectivity index (χ2v) is 12.0. The smallest absolute Gasteiger partial charge is 0.311 e. The largest absolute Gasteiger partial charge is 0.466 e. The number of aliphatic hydroxyl groups excluding tert-OH is 1. The normalized spacial score (nSPS) is 30.9. The lowest BCUT2D eigenvalue weighted by Gasteiger charge is -2.37. The Balaban J connectivity index is 1.77. The van der Waals surface area contributed by atoms with Crippen molar-refractivity contribution in [1.29, 1.82) is 0 Å². The lowest BCUT2D eigenvalue weighted by molar-refractivity contribution is -0.155. The van der Waals surface area contributed by atoms with Crippen molar-refractivity contribution in [2.75, 3.05) is 31.2 Å². The van der Waals surface area contributed by atoms with E-state index in [1.165, 1.54) is 0 Å². The Morgan fingerprint density at radius 2 is 2.03 bits per heavy atom. The lowest BCUT2D eigenvalue weighted by Crippen LogP contribution is -2.55. The van der Waals surface area contributed by atoms with Crippen molar-refractivity contribution in [3.8, 4) is 0 Å². The number of hydrogen-bond donors (Lipinski definition) is 1. The van der Waals surface area contributed by atoms with Gasteiger partial charge < -0.3 is 19.6 Å². The number of carbonyl (C=O) groups is 3. The van der Waals surface area contributed by atoms with E-state index in [0.29, 0.717) is 36.5 Å². The van der Waals surface area contributed by atoms with Gasteiger partial charge in [-0.2, -0.15) is 0 Å². The number of rotatable bonds is 10. The van der Waals surface area contributed by atoms with Gasteiger partial charge in [0.05, 0.1) is 23.2 Å². The van der Waals surface area contributed by atoms with E-state index in [-0.39, 0.29) is 37.5 Å². The van der Waals surface area contributed by atoms with Crippen LogP contribution in [0.15, 0.2) is 36.9 Å². The zero-order valence-electron chi connectivity index (χ0n) is 20.2. The highest BCUT2D eigenvalue weighted by molar-refractivity contribution is 8.02. The van der Waals surface area contributed by atoms with E-state index in [1.807, 2.05) is 6.92 Å². The van der Waals surface area contributed by atoms with Gasteiger partial charge in [-0.05, 0) is 63.8 Å². The van der Waals surface area contributed by atoms with Crippen molar-refractivity contribution in [3.63, 3.8) is 0 Å². The zero-order valence-corrected chi connectivity index (χ0v) is 21.8. The molecule has 3 heterocycles. The Kier molecular flexibility index (Phi) is 7.55. The number of hydrogen-bond acceptors (Lipinski definition) is 6. The van der Waals surface area contributed by atoms with E-state index in [0.717, 1.165) is 6.42 Å². The van der Waals surface area contributed by atoms with Crippen LogP contribution in [0.4, 0.5) is 5.69 Å². The van der Waals surface area contributed by atoms with Crippen LogP contribution >= 0.6 is 23.4 Å². The van der Waals surface area contributed by atoms with Crippen molar-refractivity contribution in [2.24, 2.45) is 11.8 Å². The van der Waals surface area contributed by atoms with Crippen LogP contribution in [-0.2, 0) is 19.1 Å². The second kappa shape index (κ2) is 10.1. The summed E-state index contributed by atoms with van der Waals surface area (Å²) in [6.07, 6.45) is 4.18. The van der Waals surface area contributed by atoms with Crippen molar-refractivity contribution in [1.82, 2.24) is 4.90 Å². The number of benzene rings is 1. The Morgan fingerprint density at radius 1 is 1.31 bits per heavy atom. The van der Waals surface area contributed by atoms with E-state index < -0.39 is 27.4 Å². The molecule has 2 bridgehead atoms. The van der Waals surface area contributed by atoms with Crippen molar-refractivity contribution in [3.05, 3.63) is 41.9 Å². The first-order valence-corrected chi connectivity index (χ1v) is 13.4. The number of carbonyl (C=O) groups excluding carboxylic acids is 3. The monoisotopic (exact) mass is 520 g/mol. The summed E-state index contributed by atoms with van der Waals surface area (Å²) in [6.45, 7) is 8.51. The summed E-state index contributed by atoms with van der Waals surface area (Å²) in [6, 6.07) is 6.31. The standard InChI is InChI=1S/C26H33ClN2O5S/c1-4-14-28(18-10-8-17(27)9-11-18)23(32)21-26-13-12-25(3,35-26)20(24(33)34-5-2)19(26)22(31)29(21)15-6-7-16-30/h4,8-11,19-21,30H,1,5-7,12-16H2,2-3H3/t19-,20-,21?,25+,26?/m0/s1. The summed E-state index contributed by atoms with van der Waals surface area (Å²) in [7, 11) is 0. The van der Waals surface area contributed by atoms with Gasteiger partial charge in [-0.15, -0.1) is 18.3 Å². The SMILES string of the molecule is C=CCN(C(=O)C1N(CCCCO)C(=O)[C@@H]2[C@@H](C(=O)OCC)[C@@]3(C)CCC12S3)c1ccc(Cl)cc1. The summed E-state index contributed by atoms with van der Waals surface area (Å²) in [5, 5.41) is 9.88. The maximum absolute atomic E-state index is 14.3. The lowest BCUT2D eigenvalue weighted by atomic mass is 9.66. The molecule has 1 N–H and O–H groups in total. The van der Waals surface area contributed by atoms with Gasteiger partial charge in [0.2, 0.25) is 5.91 Å². The molecule has 3 saturated heterocycles. The molecular formula is C26H33ClN2O5S. The van der Waals surface area contributed by atoms with Gasteiger partial charge in [0.1, 0.15) is 6.04 Å². The molecule has 35 heavy (non-hydrogen) atoms. The molecule has 2 unspecified atom stereocenters. The maximum Gasteiger partial charge on any atom is 0.311 e. The van der Waals surface area contributed by atoms with Crippen LogP contribution in [-0.4, -0.2) is 69.6 Å². The van der Waals surface area contributed by atoms with Gasteiger partial charge in [-0.3, -0.25) is 14.4 Å². The number of ether oxygens (including phenoxy) is 1. The number of nitrogens with zero attached hydrogens (tertiary/aromatic N) is 2. The average molecular weight is 521 g/mol. The Bertz CT molecular complexity index is 1000. The van der Waals surface area contributed by atoms with E-state index in [9.17, 15) is 19.5 Å². The van der Waals surface area contributed by atoms with Gasteiger partial charge in [0, 0.05) is 35.2 Å². The topological polar surface area (TPSA) is 87.2 Å². The molecule has 1 aromatic carbocycles. The molecular weight excluding hydrogens is 488 g/mol. The number of esters is 1. The fourth-order valence-electron chi connectivity index (χ4n) is 6.15. The third-order valence-corrected chi connectivity index (χ3v) is 9.81. The van der Waals surface area contributed by atoms with Gasteiger partial charge >= 0.3 is 5.97 Å². The first-order chi connectivity index (χ1) is 16.7. The van der Waals surface area contributed by atoms with Gasteiger partial charge in [0.15, 0.2) is 0 Å². The second-order valence-electron chi connectivity index (χ2n) is 9.66. The highest BCUT2D eigenvalue weighted by Crippen LogP contribution is 2.71. The highest BCUT2D eigenvalue weighted by Gasteiger charge is 2.77. The Hall–Kier alpha value is -2.03. The Labute approximate surface area is 215 Å². The van der Waals surface area contributed by atoms with Crippen LogP contribution in [0.2, 0.25) is 5.02 Å². The molecule has 7 nitrogen and oxygen atoms in total. The highest BCUT2D eigenvalue weighted by atomic mass is 35.5. The molecule has 2 amide bonds. The molecule has 0 aliphatic carbocycles. The molecule has 5 atom stereocenters. The first kappa shape index (κ1) is 26.0. The molecule has 0 saturated carbocycles. The molecule has 9 heteroatoms. The molecule has 1 spiro atoms. The maximum atomic E-state index is 14.3. The third kappa shape index (κ3) is 4.27. The number of unbranched alkanes of at least 4 members (excludes halogenated alkanes) is 1. The van der Waals surface area contributed by atoms with Crippen LogP contribution < -0.4 is 4.90 Å². The van der Waals surface area contributed by atoms with Gasteiger partial charge in [0.25, 0.3) is 5.91 Å². The fourth-order valence-corrected chi connectivity index (χ4v) is 8.61.